The first kappa shape index (κ1) is 19.9. The number of hydrogen-bond donors (Lipinski definition) is 1. The van der Waals surface area contributed by atoms with Gasteiger partial charge in [-0.3, -0.25) is 4.90 Å². The molecule has 0 amide bonds. The smallest absolute Gasteiger partial charge is 0.246 e. The second-order valence-electron chi connectivity index (χ2n) is 7.93. The Morgan fingerprint density at radius 3 is 2.61 bits per heavy atom. The molecule has 2 fully saturated rings. The number of anilines is 3. The fourth-order valence-corrected chi connectivity index (χ4v) is 4.02. The molecule has 0 saturated carbocycles. The Morgan fingerprint density at radius 1 is 1.06 bits per heavy atom. The highest BCUT2D eigenvalue weighted by molar-refractivity contribution is 5.64. The van der Waals surface area contributed by atoms with E-state index < -0.39 is 5.95 Å². The number of nitrogens with one attached hydrogen (secondary N) is 1. The zero-order valence-electron chi connectivity index (χ0n) is 17.5. The monoisotopic (exact) mass is 423 g/mol. The second kappa shape index (κ2) is 8.60. The Morgan fingerprint density at radius 2 is 1.90 bits per heavy atom. The highest BCUT2D eigenvalue weighted by Crippen LogP contribution is 2.26. The van der Waals surface area contributed by atoms with Gasteiger partial charge in [0.15, 0.2) is 0 Å². The summed E-state index contributed by atoms with van der Waals surface area (Å²) in [4.78, 5) is 12.9. The summed E-state index contributed by atoms with van der Waals surface area (Å²) in [6.45, 7) is 8.01. The Bertz CT molecular complexity index is 1040. The van der Waals surface area contributed by atoms with Crippen molar-refractivity contribution in [1.82, 2.24) is 24.6 Å². The van der Waals surface area contributed by atoms with E-state index in [4.69, 9.17) is 4.74 Å². The fraction of sp³-hybridized carbons (Fsp3) is 0.409. The summed E-state index contributed by atoms with van der Waals surface area (Å²) in [5.41, 5.74) is 3.99. The first-order valence-corrected chi connectivity index (χ1v) is 10.7. The Hall–Kier alpha value is -3.04. The first-order valence-electron chi connectivity index (χ1n) is 10.7. The number of halogens is 1. The van der Waals surface area contributed by atoms with E-state index in [-0.39, 0.29) is 0 Å². The number of nitrogens with zero attached hydrogens (tertiary/aromatic N) is 6. The largest absolute Gasteiger partial charge is 0.378 e. The van der Waals surface area contributed by atoms with Crippen LogP contribution in [0, 0.1) is 5.95 Å². The van der Waals surface area contributed by atoms with Gasteiger partial charge in [0.25, 0.3) is 0 Å². The van der Waals surface area contributed by atoms with Crippen molar-refractivity contribution in [1.29, 1.82) is 0 Å². The van der Waals surface area contributed by atoms with Gasteiger partial charge in [-0.1, -0.05) is 6.92 Å². The molecule has 8 nitrogen and oxygen atoms in total. The minimum Gasteiger partial charge on any atom is -0.378 e. The van der Waals surface area contributed by atoms with Crippen LogP contribution in [0.3, 0.4) is 0 Å². The van der Waals surface area contributed by atoms with Crippen molar-refractivity contribution >= 4 is 17.3 Å². The highest BCUT2D eigenvalue weighted by atomic mass is 19.1. The minimum atomic E-state index is -0.548. The average Bonchev–Trinajstić information content (AvgIpc) is 3.21. The molecular weight excluding hydrogens is 397 g/mol. The van der Waals surface area contributed by atoms with Crippen LogP contribution in [0.5, 0.6) is 0 Å². The summed E-state index contributed by atoms with van der Waals surface area (Å²) in [6, 6.07) is 10.1. The lowest BCUT2D eigenvalue weighted by Gasteiger charge is -2.43. The third kappa shape index (κ3) is 4.38. The number of hydrogen-bond acceptors (Lipinski definition) is 7. The van der Waals surface area contributed by atoms with E-state index in [9.17, 15) is 4.39 Å². The average molecular weight is 423 g/mol. The highest BCUT2D eigenvalue weighted by Gasteiger charge is 2.29. The van der Waals surface area contributed by atoms with Crippen LogP contribution >= 0.6 is 0 Å². The van der Waals surface area contributed by atoms with Crippen LogP contribution in [0.4, 0.5) is 21.7 Å². The fourth-order valence-electron chi connectivity index (χ4n) is 4.02. The minimum absolute atomic E-state index is 0.464. The predicted molar refractivity (Wildman–Crippen MR) is 117 cm³/mol. The van der Waals surface area contributed by atoms with Crippen LogP contribution in [0.2, 0.25) is 0 Å². The number of benzene rings is 1. The molecule has 0 bridgehead atoms. The van der Waals surface area contributed by atoms with E-state index in [1.165, 1.54) is 28.2 Å². The van der Waals surface area contributed by atoms with Crippen LogP contribution < -0.4 is 10.2 Å². The van der Waals surface area contributed by atoms with Crippen molar-refractivity contribution in [2.45, 2.75) is 19.4 Å². The van der Waals surface area contributed by atoms with E-state index in [0.717, 1.165) is 51.5 Å². The maximum atomic E-state index is 13.4. The molecule has 5 rings (SSSR count). The molecule has 0 atom stereocenters. The van der Waals surface area contributed by atoms with Crippen LogP contribution in [0.25, 0.3) is 5.69 Å². The predicted octanol–water partition coefficient (Wildman–Crippen LogP) is 2.63. The summed E-state index contributed by atoms with van der Waals surface area (Å²) in [6.07, 6.45) is 3.92. The lowest BCUT2D eigenvalue weighted by atomic mass is 10.1. The molecule has 2 aliphatic rings. The zero-order chi connectivity index (χ0) is 21.2. The van der Waals surface area contributed by atoms with Gasteiger partial charge in [-0.2, -0.15) is 9.37 Å². The van der Waals surface area contributed by atoms with Gasteiger partial charge in [-0.05, 0) is 36.2 Å². The van der Waals surface area contributed by atoms with E-state index in [0.29, 0.717) is 17.7 Å². The van der Waals surface area contributed by atoms with Crippen LogP contribution in [-0.2, 0) is 11.2 Å². The van der Waals surface area contributed by atoms with Gasteiger partial charge >= 0.3 is 0 Å². The molecule has 3 aromatic rings. The second-order valence-corrected chi connectivity index (χ2v) is 7.93. The molecule has 2 aromatic heterocycles. The molecule has 0 radical (unpaired) electrons. The summed E-state index contributed by atoms with van der Waals surface area (Å²) in [5.74, 6) is -0.0843. The van der Waals surface area contributed by atoms with Crippen molar-refractivity contribution in [2.24, 2.45) is 0 Å². The zero-order valence-corrected chi connectivity index (χ0v) is 17.5. The molecule has 1 aromatic carbocycles. The van der Waals surface area contributed by atoms with Crippen molar-refractivity contribution in [3.05, 3.63) is 54.4 Å². The Labute approximate surface area is 180 Å². The van der Waals surface area contributed by atoms with Gasteiger partial charge in [0.1, 0.15) is 6.33 Å². The quantitative estimate of drug-likeness (QED) is 0.611. The third-order valence-electron chi connectivity index (χ3n) is 5.92. The Kier molecular flexibility index (Phi) is 5.52. The Balaban J connectivity index is 1.31. The van der Waals surface area contributed by atoms with Crippen molar-refractivity contribution in [3.63, 3.8) is 0 Å². The van der Waals surface area contributed by atoms with Crippen molar-refractivity contribution in [2.75, 3.05) is 49.6 Å². The number of aryl methyl sites for hydroxylation is 1. The molecule has 1 N–H and O–H groups in total. The van der Waals surface area contributed by atoms with Crippen LogP contribution in [-0.4, -0.2) is 70.1 Å². The maximum Gasteiger partial charge on any atom is 0.246 e. The number of piperazine rings is 1. The molecule has 0 unspecified atom stereocenters. The van der Waals surface area contributed by atoms with Gasteiger partial charge < -0.3 is 15.0 Å². The van der Waals surface area contributed by atoms with E-state index >= 15 is 0 Å². The van der Waals surface area contributed by atoms with Gasteiger partial charge in [-0.15, -0.1) is 5.10 Å². The van der Waals surface area contributed by atoms with Gasteiger partial charge in [0.05, 0.1) is 24.9 Å². The molecule has 2 saturated heterocycles. The molecule has 9 heteroatoms. The summed E-state index contributed by atoms with van der Waals surface area (Å²) in [7, 11) is 0. The van der Waals surface area contributed by atoms with E-state index in [1.54, 1.807) is 12.4 Å². The summed E-state index contributed by atoms with van der Waals surface area (Å²) >= 11 is 0. The van der Waals surface area contributed by atoms with Crippen molar-refractivity contribution < 1.29 is 9.13 Å². The topological polar surface area (TPSA) is 71.3 Å². The SMILES string of the molecule is CCc1cc(Nc2ncn(-c3ccnc(F)c3)n2)cc(N2CCN(C3COC3)CC2)c1. The first-order chi connectivity index (χ1) is 15.2. The molecule has 2 aliphatic heterocycles. The lowest BCUT2D eigenvalue weighted by Crippen LogP contribution is -2.56. The maximum absolute atomic E-state index is 13.4. The summed E-state index contributed by atoms with van der Waals surface area (Å²) in [5, 5.41) is 7.73. The molecule has 0 spiro atoms. The van der Waals surface area contributed by atoms with E-state index in [1.807, 2.05) is 0 Å². The van der Waals surface area contributed by atoms with Gasteiger partial charge in [-0.25, -0.2) is 9.67 Å². The molecule has 162 valence electrons. The van der Waals surface area contributed by atoms with E-state index in [2.05, 4.69) is 55.3 Å². The number of rotatable bonds is 6. The third-order valence-corrected chi connectivity index (χ3v) is 5.92. The summed E-state index contributed by atoms with van der Waals surface area (Å²) < 4.78 is 20.3. The number of aromatic nitrogens is 4. The number of ether oxygens (including phenoxy) is 1. The lowest BCUT2D eigenvalue weighted by molar-refractivity contribution is -0.0660. The molecule has 0 aliphatic carbocycles. The normalized spacial score (nSPS) is 17.5. The molecular formula is C22H26FN7O. The molecule has 31 heavy (non-hydrogen) atoms. The molecule has 4 heterocycles. The van der Waals surface area contributed by atoms with Crippen molar-refractivity contribution in [3.8, 4) is 5.69 Å². The standard InChI is InChI=1S/C22H26FN7O/c1-2-16-9-17(26-22-25-15-30(27-22)18-3-4-24-21(23)12-18)11-19(10-16)28-5-7-29(8-6-28)20-13-31-14-20/h3-4,9-12,15,20H,2,5-8,13-14H2,1H3,(H,26,27). The number of pyridine rings is 1. The van der Waals surface area contributed by atoms with Gasteiger partial charge in [0, 0.05) is 49.8 Å². The van der Waals surface area contributed by atoms with Gasteiger partial charge in [0.2, 0.25) is 11.9 Å². The van der Waals surface area contributed by atoms with Crippen LogP contribution in [0.1, 0.15) is 12.5 Å². The van der Waals surface area contributed by atoms with Crippen LogP contribution in [0.15, 0.2) is 42.9 Å².